The molecule has 0 unspecified atom stereocenters. The number of hydrogen-bond donors (Lipinski definition) is 1. The molecule has 0 bridgehead atoms. The van der Waals surface area contributed by atoms with Crippen LogP contribution in [0.1, 0.15) is 81.6 Å². The van der Waals surface area contributed by atoms with Gasteiger partial charge in [0.25, 0.3) is 5.91 Å². The summed E-state index contributed by atoms with van der Waals surface area (Å²) in [5.74, 6) is 0.744. The highest BCUT2D eigenvalue weighted by molar-refractivity contribution is 6.04. The SMILES string of the molecule is COc1ccc2cc3n(c2c1)C[C@@](C)(C(=O)NC1CCCC1)N(C1CCCCCC1)C3=O. The molecule has 2 aromatic rings. The molecule has 1 aliphatic heterocycles. The molecule has 2 amide bonds. The summed E-state index contributed by atoms with van der Waals surface area (Å²) in [7, 11) is 1.65. The van der Waals surface area contributed by atoms with Crippen LogP contribution in [0.3, 0.4) is 0 Å². The molecule has 172 valence electrons. The van der Waals surface area contributed by atoms with Gasteiger partial charge in [0.1, 0.15) is 17.0 Å². The van der Waals surface area contributed by atoms with E-state index >= 15 is 0 Å². The number of ether oxygens (including phenoxy) is 1. The van der Waals surface area contributed by atoms with Crippen LogP contribution in [0, 0.1) is 0 Å². The van der Waals surface area contributed by atoms with Crippen molar-refractivity contribution in [2.24, 2.45) is 0 Å². The number of benzene rings is 1. The van der Waals surface area contributed by atoms with Crippen LogP contribution in [0.25, 0.3) is 10.9 Å². The number of fused-ring (bicyclic) bond motifs is 3. The minimum absolute atomic E-state index is 0.00241. The van der Waals surface area contributed by atoms with E-state index in [0.717, 1.165) is 55.2 Å². The minimum atomic E-state index is -0.906. The average Bonchev–Trinajstić information content (AvgIpc) is 3.34. The first-order valence-corrected chi connectivity index (χ1v) is 12.3. The van der Waals surface area contributed by atoms with Crippen molar-refractivity contribution < 1.29 is 14.3 Å². The molecule has 32 heavy (non-hydrogen) atoms. The number of nitrogens with one attached hydrogen (secondary N) is 1. The molecule has 3 aliphatic rings. The first kappa shape index (κ1) is 21.4. The fourth-order valence-electron chi connectivity index (χ4n) is 6.12. The number of carbonyl (C=O) groups excluding carboxylic acids is 2. The summed E-state index contributed by atoms with van der Waals surface area (Å²) < 4.78 is 7.48. The largest absolute Gasteiger partial charge is 0.497 e. The van der Waals surface area contributed by atoms with E-state index in [9.17, 15) is 9.59 Å². The van der Waals surface area contributed by atoms with E-state index in [-0.39, 0.29) is 23.9 Å². The van der Waals surface area contributed by atoms with Crippen molar-refractivity contribution in [3.05, 3.63) is 30.0 Å². The molecule has 6 heteroatoms. The third-order valence-electron chi connectivity index (χ3n) is 7.92. The van der Waals surface area contributed by atoms with E-state index in [2.05, 4.69) is 5.32 Å². The van der Waals surface area contributed by atoms with Crippen LogP contribution in [-0.2, 0) is 11.3 Å². The number of hydrogen-bond acceptors (Lipinski definition) is 3. The first-order chi connectivity index (χ1) is 15.5. The highest BCUT2D eigenvalue weighted by Gasteiger charge is 2.50. The smallest absolute Gasteiger partial charge is 0.271 e. The van der Waals surface area contributed by atoms with Crippen molar-refractivity contribution >= 4 is 22.7 Å². The zero-order valence-electron chi connectivity index (χ0n) is 19.4. The standard InChI is InChI=1S/C26H35N3O3/c1-26(25(31)27-19-9-7-8-10-19)17-28-22-16-21(32-2)14-13-18(22)15-23(28)24(30)29(26)20-11-5-3-4-6-12-20/h13-16,19-20H,3-12,17H2,1-2H3,(H,27,31)/t26-/m0/s1. The van der Waals surface area contributed by atoms with Crippen LogP contribution < -0.4 is 10.1 Å². The molecule has 1 aromatic carbocycles. The third kappa shape index (κ3) is 3.57. The Bertz CT molecular complexity index is 1010. The predicted molar refractivity (Wildman–Crippen MR) is 125 cm³/mol. The zero-order valence-corrected chi connectivity index (χ0v) is 19.4. The van der Waals surface area contributed by atoms with Gasteiger partial charge in [-0.25, -0.2) is 0 Å². The average molecular weight is 438 g/mol. The minimum Gasteiger partial charge on any atom is -0.497 e. The number of carbonyl (C=O) groups is 2. The first-order valence-electron chi connectivity index (χ1n) is 12.3. The number of rotatable bonds is 4. The van der Waals surface area contributed by atoms with Gasteiger partial charge < -0.3 is 19.5 Å². The number of nitrogens with zero attached hydrogens (tertiary/aromatic N) is 2. The van der Waals surface area contributed by atoms with E-state index in [1.54, 1.807) is 7.11 Å². The molecule has 2 heterocycles. The van der Waals surface area contributed by atoms with Gasteiger partial charge >= 0.3 is 0 Å². The second-order valence-corrected chi connectivity index (χ2v) is 10.1. The van der Waals surface area contributed by atoms with E-state index in [1.165, 1.54) is 25.7 Å². The Hall–Kier alpha value is -2.50. The van der Waals surface area contributed by atoms with Crippen molar-refractivity contribution in [2.45, 2.75) is 95.3 Å². The lowest BCUT2D eigenvalue weighted by Crippen LogP contribution is -2.67. The maximum absolute atomic E-state index is 14.0. The van der Waals surface area contributed by atoms with E-state index in [1.807, 2.05) is 40.7 Å². The van der Waals surface area contributed by atoms with Crippen LogP contribution in [0.5, 0.6) is 5.75 Å². The molecule has 6 nitrogen and oxygen atoms in total. The molecule has 1 N–H and O–H groups in total. The normalized spacial score (nSPS) is 25.1. The summed E-state index contributed by atoms with van der Waals surface area (Å²) in [6.45, 7) is 2.45. The predicted octanol–water partition coefficient (Wildman–Crippen LogP) is 4.65. The van der Waals surface area contributed by atoms with Gasteiger partial charge in [0.05, 0.1) is 19.2 Å². The van der Waals surface area contributed by atoms with Gasteiger partial charge in [0.2, 0.25) is 5.91 Å². The van der Waals surface area contributed by atoms with E-state index in [0.29, 0.717) is 12.2 Å². The maximum atomic E-state index is 14.0. The third-order valence-corrected chi connectivity index (χ3v) is 7.92. The Balaban J connectivity index is 1.58. The van der Waals surface area contributed by atoms with Gasteiger partial charge in [0.15, 0.2) is 0 Å². The Labute approximate surface area is 190 Å². The molecular weight excluding hydrogens is 402 g/mol. The van der Waals surface area contributed by atoms with Gasteiger partial charge in [-0.3, -0.25) is 9.59 Å². The summed E-state index contributed by atoms with van der Waals surface area (Å²) in [6, 6.07) is 8.23. The lowest BCUT2D eigenvalue weighted by atomic mass is 9.90. The quantitative estimate of drug-likeness (QED) is 0.709. The van der Waals surface area contributed by atoms with Crippen molar-refractivity contribution in [3.63, 3.8) is 0 Å². The van der Waals surface area contributed by atoms with Gasteiger partial charge in [-0.1, -0.05) is 38.5 Å². The van der Waals surface area contributed by atoms with Crippen LogP contribution >= 0.6 is 0 Å². The fourth-order valence-corrected chi connectivity index (χ4v) is 6.12. The molecule has 0 spiro atoms. The molecule has 1 aromatic heterocycles. The molecule has 2 aliphatic carbocycles. The number of amides is 2. The summed E-state index contributed by atoms with van der Waals surface area (Å²) in [4.78, 5) is 29.8. The van der Waals surface area contributed by atoms with Gasteiger partial charge in [0, 0.05) is 23.5 Å². The zero-order chi connectivity index (χ0) is 22.3. The second kappa shape index (κ2) is 8.45. The van der Waals surface area contributed by atoms with E-state index in [4.69, 9.17) is 4.74 Å². The highest BCUT2D eigenvalue weighted by Crippen LogP contribution is 2.38. The number of methoxy groups -OCH3 is 1. The van der Waals surface area contributed by atoms with Crippen molar-refractivity contribution in [1.82, 2.24) is 14.8 Å². The van der Waals surface area contributed by atoms with Gasteiger partial charge in [-0.15, -0.1) is 0 Å². The monoisotopic (exact) mass is 437 g/mol. The summed E-state index contributed by atoms with van der Waals surface area (Å²) in [6.07, 6.45) is 11.0. The van der Waals surface area contributed by atoms with Gasteiger partial charge in [-0.2, -0.15) is 0 Å². The lowest BCUT2D eigenvalue weighted by molar-refractivity contribution is -0.135. The lowest BCUT2D eigenvalue weighted by Gasteiger charge is -2.48. The maximum Gasteiger partial charge on any atom is 0.271 e. The van der Waals surface area contributed by atoms with Crippen molar-refractivity contribution in [3.8, 4) is 5.75 Å². The van der Waals surface area contributed by atoms with Crippen molar-refractivity contribution in [1.29, 1.82) is 0 Å². The van der Waals surface area contributed by atoms with Crippen LogP contribution in [-0.4, -0.2) is 46.0 Å². The molecule has 1 atom stereocenters. The Morgan fingerprint density at radius 3 is 2.41 bits per heavy atom. The summed E-state index contributed by atoms with van der Waals surface area (Å²) in [5, 5.41) is 4.33. The van der Waals surface area contributed by atoms with Crippen molar-refractivity contribution in [2.75, 3.05) is 7.11 Å². The van der Waals surface area contributed by atoms with Gasteiger partial charge in [-0.05, 0) is 50.8 Å². The molecule has 0 saturated heterocycles. The topological polar surface area (TPSA) is 63.6 Å². The Morgan fingerprint density at radius 2 is 1.72 bits per heavy atom. The van der Waals surface area contributed by atoms with Crippen LogP contribution in [0.4, 0.5) is 0 Å². The number of aromatic nitrogens is 1. The fraction of sp³-hybridized carbons (Fsp3) is 0.615. The highest BCUT2D eigenvalue weighted by atomic mass is 16.5. The Kier molecular flexibility index (Phi) is 5.64. The summed E-state index contributed by atoms with van der Waals surface area (Å²) in [5.41, 5.74) is 0.730. The molecular formula is C26H35N3O3. The molecule has 2 saturated carbocycles. The molecule has 0 radical (unpaired) electrons. The van der Waals surface area contributed by atoms with Crippen LogP contribution in [0.15, 0.2) is 24.3 Å². The summed E-state index contributed by atoms with van der Waals surface area (Å²) >= 11 is 0. The van der Waals surface area contributed by atoms with E-state index < -0.39 is 5.54 Å². The second-order valence-electron chi connectivity index (χ2n) is 10.1. The van der Waals surface area contributed by atoms with Crippen LogP contribution in [0.2, 0.25) is 0 Å². The Morgan fingerprint density at radius 1 is 1.03 bits per heavy atom. The molecule has 5 rings (SSSR count). The molecule has 2 fully saturated rings.